The van der Waals surface area contributed by atoms with E-state index in [-0.39, 0.29) is 0 Å². The number of benzene rings is 13. The first-order chi connectivity index (χ1) is 35.7. The second kappa shape index (κ2) is 18.5. The number of hydrogen-bond donors (Lipinski definition) is 0. The van der Waals surface area contributed by atoms with Crippen LogP contribution >= 0.6 is 0 Å². The van der Waals surface area contributed by atoms with Crippen molar-refractivity contribution in [3.8, 4) is 33.4 Å². The van der Waals surface area contributed by atoms with Crippen LogP contribution in [0.4, 0.5) is 0 Å². The first-order valence-electron chi connectivity index (χ1n) is 24.9. The van der Waals surface area contributed by atoms with E-state index in [9.17, 15) is 0 Å². The van der Waals surface area contributed by atoms with Crippen molar-refractivity contribution in [2.75, 3.05) is 0 Å². The molecule has 0 heterocycles. The Balaban J connectivity index is 1.14. The quantitative estimate of drug-likeness (QED) is 0.1000. The molecule has 13 aromatic rings. The van der Waals surface area contributed by atoms with Crippen LogP contribution in [0.3, 0.4) is 0 Å². The highest BCUT2D eigenvalue weighted by Gasteiger charge is 2.22. The average molecular weight is 913 g/mol. The molecule has 0 atom stereocenters. The summed E-state index contributed by atoms with van der Waals surface area (Å²) < 4.78 is 0. The van der Waals surface area contributed by atoms with Gasteiger partial charge in [0.15, 0.2) is 0 Å². The van der Waals surface area contributed by atoms with E-state index < -0.39 is 0 Å². The summed E-state index contributed by atoms with van der Waals surface area (Å²) >= 11 is 0. The van der Waals surface area contributed by atoms with Gasteiger partial charge in [0, 0.05) is 0 Å². The minimum absolute atomic E-state index is 1.18. The Bertz CT molecular complexity index is 3660. The Morgan fingerprint density at radius 3 is 0.556 bits per heavy atom. The van der Waals surface area contributed by atoms with Gasteiger partial charge in [0.25, 0.3) is 0 Å². The van der Waals surface area contributed by atoms with Gasteiger partial charge in [-0.25, -0.2) is 0 Å². The van der Waals surface area contributed by atoms with Crippen molar-refractivity contribution in [1.29, 1.82) is 0 Å². The van der Waals surface area contributed by atoms with E-state index >= 15 is 0 Å². The molecule has 0 unspecified atom stereocenters. The molecule has 72 heavy (non-hydrogen) atoms. The smallest absolute Gasteiger partial charge is 0.00259 e. The highest BCUT2D eigenvalue weighted by atomic mass is 14.2. The van der Waals surface area contributed by atoms with E-state index in [4.69, 9.17) is 0 Å². The van der Waals surface area contributed by atoms with Crippen LogP contribution in [0.15, 0.2) is 255 Å². The van der Waals surface area contributed by atoms with Crippen LogP contribution in [0.2, 0.25) is 0 Å². The Morgan fingerprint density at radius 2 is 0.347 bits per heavy atom. The maximum absolute atomic E-state index is 2.48. The zero-order valence-corrected chi connectivity index (χ0v) is 39.7. The van der Waals surface area contributed by atoms with Crippen molar-refractivity contribution in [2.24, 2.45) is 0 Å². The molecule has 0 aliphatic heterocycles. The molecule has 0 fully saturated rings. The van der Waals surface area contributed by atoms with Gasteiger partial charge in [0.1, 0.15) is 0 Å². The van der Waals surface area contributed by atoms with Crippen molar-refractivity contribution in [3.05, 3.63) is 288 Å². The summed E-state index contributed by atoms with van der Waals surface area (Å²) in [5.41, 5.74) is 14.4. The lowest BCUT2D eigenvalue weighted by Gasteiger charge is -2.21. The predicted molar refractivity (Wildman–Crippen MR) is 314 cm³/mol. The number of hydrogen-bond acceptors (Lipinski definition) is 0. The molecule has 0 spiro atoms. The first-order valence-corrected chi connectivity index (χ1v) is 24.9. The number of fused-ring (bicyclic) bond motifs is 6. The Kier molecular flexibility index (Phi) is 11.0. The monoisotopic (exact) mass is 912 g/mol. The fourth-order valence-electron chi connectivity index (χ4n) is 11.2. The van der Waals surface area contributed by atoms with Gasteiger partial charge in [-0.15, -0.1) is 0 Å². The Labute approximate surface area is 420 Å². The largest absolute Gasteiger partial charge is 0.0622 e. The molecule has 13 aromatic carbocycles. The summed E-state index contributed by atoms with van der Waals surface area (Å²) in [6.45, 7) is 0. The topological polar surface area (TPSA) is 0 Å². The molecule has 0 nitrogen and oxygen atoms in total. The average Bonchev–Trinajstić information content (AvgIpc) is 3.45. The SMILES string of the molecule is C(=C\c1c2ccccc2c(-c2cc(-c3c4ccccc4c(/C=C/c4ccccc4)c4ccccc34)cc(-c3c4ccccc4c(/C=C/c4ccccc4)c4ccccc34)c2)c2ccccc12)/c1ccccc1. The molecule has 13 rings (SSSR count). The normalized spacial score (nSPS) is 12.0. The maximum atomic E-state index is 2.48. The third-order valence-electron chi connectivity index (χ3n) is 14.4. The van der Waals surface area contributed by atoms with Crippen LogP contribution in [-0.4, -0.2) is 0 Å². The lowest BCUT2D eigenvalue weighted by Crippen LogP contribution is -1.95. The van der Waals surface area contributed by atoms with Gasteiger partial charge in [-0.05, 0) is 150 Å². The predicted octanol–water partition coefficient (Wildman–Crippen LogP) is 20.1. The summed E-state index contributed by atoms with van der Waals surface area (Å²) in [5.74, 6) is 0. The van der Waals surface area contributed by atoms with Gasteiger partial charge in [-0.3, -0.25) is 0 Å². The van der Waals surface area contributed by atoms with Gasteiger partial charge < -0.3 is 0 Å². The molecule has 0 amide bonds. The molecule has 0 aliphatic rings. The third kappa shape index (κ3) is 7.68. The van der Waals surface area contributed by atoms with E-state index in [1.807, 2.05) is 0 Å². The maximum Gasteiger partial charge on any atom is -0.00259 e. The van der Waals surface area contributed by atoms with Gasteiger partial charge in [-0.1, -0.05) is 273 Å². The second-order valence-electron chi connectivity index (χ2n) is 18.7. The van der Waals surface area contributed by atoms with E-state index in [2.05, 4.69) is 291 Å². The van der Waals surface area contributed by atoms with Gasteiger partial charge in [0.2, 0.25) is 0 Å². The van der Waals surface area contributed by atoms with Crippen LogP contribution in [-0.2, 0) is 0 Å². The molecular weight excluding hydrogens is 865 g/mol. The van der Waals surface area contributed by atoms with Gasteiger partial charge in [-0.2, -0.15) is 0 Å². The van der Waals surface area contributed by atoms with Crippen LogP contribution in [0.1, 0.15) is 33.4 Å². The van der Waals surface area contributed by atoms with Crippen LogP contribution in [0.25, 0.3) is 134 Å². The minimum atomic E-state index is 1.18. The van der Waals surface area contributed by atoms with Gasteiger partial charge in [0.05, 0.1) is 0 Å². The molecule has 0 N–H and O–H groups in total. The van der Waals surface area contributed by atoms with Crippen molar-refractivity contribution in [1.82, 2.24) is 0 Å². The molecule has 0 aromatic heterocycles. The van der Waals surface area contributed by atoms with E-state index in [1.54, 1.807) is 0 Å². The van der Waals surface area contributed by atoms with Crippen molar-refractivity contribution in [3.63, 3.8) is 0 Å². The molecule has 0 saturated carbocycles. The van der Waals surface area contributed by atoms with Crippen molar-refractivity contribution < 1.29 is 0 Å². The standard InChI is InChI=1S/C72H48/c1-4-22-49(23-5-1)40-43-61-55-28-10-16-34-64(55)70(65-35-17-11-29-56(61)65)52-46-53(71-66-36-18-12-30-57(66)62(58-31-13-19-37-67(58)71)44-41-50-24-6-2-7-25-50)48-54(47-52)72-68-38-20-14-32-59(68)63(60-33-15-21-39-69(60)72)45-42-51-26-8-3-9-27-51/h1-48H/b43-40+,44-41+,45-42+. The summed E-state index contributed by atoms with van der Waals surface area (Å²) in [7, 11) is 0. The fraction of sp³-hybridized carbons (Fsp3) is 0. The zero-order valence-electron chi connectivity index (χ0n) is 39.7. The molecular formula is C72H48. The van der Waals surface area contributed by atoms with Gasteiger partial charge >= 0.3 is 0 Å². The first kappa shape index (κ1) is 42.7. The van der Waals surface area contributed by atoms with E-state index in [1.165, 1.54) is 131 Å². The van der Waals surface area contributed by atoms with Crippen LogP contribution in [0.5, 0.6) is 0 Å². The molecule has 0 radical (unpaired) electrons. The molecule has 0 bridgehead atoms. The van der Waals surface area contributed by atoms with Crippen molar-refractivity contribution in [2.45, 2.75) is 0 Å². The van der Waals surface area contributed by atoms with Crippen LogP contribution < -0.4 is 0 Å². The molecule has 0 aliphatic carbocycles. The summed E-state index contributed by atoms with van der Waals surface area (Å²) in [5, 5.41) is 14.7. The number of rotatable bonds is 9. The lowest BCUT2D eigenvalue weighted by atomic mass is 9.82. The summed E-state index contributed by atoms with van der Waals surface area (Å²) in [6.07, 6.45) is 13.7. The van der Waals surface area contributed by atoms with E-state index in [0.717, 1.165) is 0 Å². The van der Waals surface area contributed by atoms with E-state index in [0.29, 0.717) is 0 Å². The molecule has 0 saturated heterocycles. The fourth-order valence-corrected chi connectivity index (χ4v) is 11.2. The molecule has 0 heteroatoms. The minimum Gasteiger partial charge on any atom is -0.0622 e. The highest BCUT2D eigenvalue weighted by molar-refractivity contribution is 6.23. The second-order valence-corrected chi connectivity index (χ2v) is 18.7. The summed E-state index contributed by atoms with van der Waals surface area (Å²) in [6, 6.07) is 93.3. The van der Waals surface area contributed by atoms with Crippen molar-refractivity contribution >= 4 is 101 Å². The Morgan fingerprint density at radius 1 is 0.167 bits per heavy atom. The summed E-state index contributed by atoms with van der Waals surface area (Å²) in [4.78, 5) is 0. The zero-order chi connectivity index (χ0) is 47.8. The lowest BCUT2D eigenvalue weighted by molar-refractivity contribution is 1.63. The highest BCUT2D eigenvalue weighted by Crippen LogP contribution is 2.48. The van der Waals surface area contributed by atoms with Crippen LogP contribution in [0, 0.1) is 0 Å². The molecule has 336 valence electrons. The Hall–Kier alpha value is -9.36. The third-order valence-corrected chi connectivity index (χ3v) is 14.4.